The molecule has 0 bridgehead atoms. The van der Waals surface area contributed by atoms with Crippen LogP contribution >= 0.6 is 0 Å². The minimum atomic E-state index is -1.54. The van der Waals surface area contributed by atoms with Crippen molar-refractivity contribution >= 4 is 0 Å². The predicted octanol–water partition coefficient (Wildman–Crippen LogP) is 1.05. The minimum absolute atomic E-state index is 0.0254. The standard InChI is InChI=1S/C38H62O13/c1-17-11-24(46-6)48-20-13-36(5)31-19(49-33-30(45)28(43)27(42)21(14-39)50-33)12-22-34(2,3)23(51-32-29(44)26(41)18(40)15-47-32)7-8-37(22)16-38(31,37)10-9-35(36,4)25(17)20/h17-33,39-45H,7-16H2,1-6H3/t17-,18-,19+,20+,21-,22-,23+,24+,25+,26+,27-,28+,29-,30-,31+,32+,33-,35-,36+,37-,38+/m1/s1. The van der Waals surface area contributed by atoms with E-state index >= 15 is 0 Å². The first-order chi connectivity index (χ1) is 24.0. The minimum Gasteiger partial charge on any atom is -0.394 e. The van der Waals surface area contributed by atoms with Gasteiger partial charge >= 0.3 is 0 Å². The summed E-state index contributed by atoms with van der Waals surface area (Å²) in [4.78, 5) is 0. The molecule has 0 aromatic carbocycles. The smallest absolute Gasteiger partial charge is 0.186 e. The molecule has 0 aromatic rings. The normalized spacial score (nSPS) is 60.3. The van der Waals surface area contributed by atoms with Gasteiger partial charge in [-0.15, -0.1) is 0 Å². The van der Waals surface area contributed by atoms with E-state index < -0.39 is 73.4 Å². The van der Waals surface area contributed by atoms with Gasteiger partial charge in [0.15, 0.2) is 18.9 Å². The van der Waals surface area contributed by atoms with Crippen molar-refractivity contribution in [3.63, 3.8) is 0 Å². The van der Waals surface area contributed by atoms with E-state index in [2.05, 4.69) is 34.6 Å². The fraction of sp³-hybridized carbons (Fsp3) is 1.00. The number of methoxy groups -OCH3 is 1. The van der Waals surface area contributed by atoms with Crippen LogP contribution in [-0.2, 0) is 28.4 Å². The predicted molar refractivity (Wildman–Crippen MR) is 178 cm³/mol. The van der Waals surface area contributed by atoms with E-state index in [1.807, 2.05) is 0 Å². The lowest BCUT2D eigenvalue weighted by Crippen LogP contribution is -2.65. The summed E-state index contributed by atoms with van der Waals surface area (Å²) < 4.78 is 37.7. The Hall–Kier alpha value is -0.520. The molecule has 13 heteroatoms. The van der Waals surface area contributed by atoms with E-state index in [9.17, 15) is 35.7 Å². The van der Waals surface area contributed by atoms with Gasteiger partial charge in [-0.3, -0.25) is 0 Å². The average Bonchev–Trinajstić information content (AvgIpc) is 3.67. The molecule has 51 heavy (non-hydrogen) atoms. The molecule has 21 atom stereocenters. The van der Waals surface area contributed by atoms with E-state index in [1.54, 1.807) is 7.11 Å². The quantitative estimate of drug-likeness (QED) is 0.192. The summed E-state index contributed by atoms with van der Waals surface area (Å²) in [5.74, 6) is 0.967. The molecule has 2 spiro atoms. The highest BCUT2D eigenvalue weighted by molar-refractivity contribution is 5.33. The Morgan fingerprint density at radius 3 is 2.20 bits per heavy atom. The number of ether oxygens (including phenoxy) is 6. The zero-order chi connectivity index (χ0) is 36.6. The molecule has 7 N–H and O–H groups in total. The topological polar surface area (TPSA) is 197 Å². The van der Waals surface area contributed by atoms with E-state index in [-0.39, 0.29) is 58.6 Å². The molecular formula is C38H62O13. The summed E-state index contributed by atoms with van der Waals surface area (Å²) in [5.41, 5.74) is -0.682. The molecule has 0 amide bonds. The summed E-state index contributed by atoms with van der Waals surface area (Å²) in [6.45, 7) is 11.0. The highest BCUT2D eigenvalue weighted by Gasteiger charge is 2.85. The number of hydrogen-bond donors (Lipinski definition) is 7. The maximum absolute atomic E-state index is 11.2. The van der Waals surface area contributed by atoms with Crippen LogP contribution in [0.4, 0.5) is 0 Å². The Morgan fingerprint density at radius 2 is 1.49 bits per heavy atom. The van der Waals surface area contributed by atoms with Crippen molar-refractivity contribution in [2.75, 3.05) is 20.3 Å². The number of aliphatic hydroxyl groups is 7. The number of rotatable bonds is 6. The zero-order valence-electron chi connectivity index (χ0n) is 31.0. The highest BCUT2D eigenvalue weighted by atomic mass is 16.7. The van der Waals surface area contributed by atoms with Crippen LogP contribution in [-0.4, -0.2) is 136 Å². The van der Waals surface area contributed by atoms with Gasteiger partial charge in [-0.05, 0) is 95.7 Å². The Balaban J connectivity index is 1.16. The SMILES string of the molecule is CO[C@@H]1C[C@@H](C)[C@H]2[C@H](C[C@@]3(C)[C@@H]4[C@@H](O[C@@H]5O[C@H](CO)[C@@H](O)[C@H](O)[C@H]5O)C[C@@H]5C(C)(C)[C@@H](O[C@@H]6OC[C@@H](O)[C@H](O)[C@H]6O)CC[C@@]56C[C@@]46CC[C@]23C)O1. The molecule has 8 rings (SSSR count). The average molecular weight is 727 g/mol. The molecule has 3 aliphatic heterocycles. The molecule has 8 fully saturated rings. The maximum Gasteiger partial charge on any atom is 0.186 e. The number of aliphatic hydroxyl groups excluding tert-OH is 7. The van der Waals surface area contributed by atoms with Gasteiger partial charge < -0.3 is 64.2 Å². The van der Waals surface area contributed by atoms with Crippen LogP contribution in [0, 0.1) is 50.7 Å². The monoisotopic (exact) mass is 726 g/mol. The molecule has 3 saturated heterocycles. The molecule has 5 aliphatic carbocycles. The lowest BCUT2D eigenvalue weighted by Gasteiger charge is -2.65. The molecule has 13 nitrogen and oxygen atoms in total. The first-order valence-corrected chi connectivity index (χ1v) is 19.4. The lowest BCUT2D eigenvalue weighted by molar-refractivity contribution is -0.335. The summed E-state index contributed by atoms with van der Waals surface area (Å²) in [6.07, 6.45) is -5.55. The molecule has 8 aliphatic rings. The fourth-order valence-electron chi connectivity index (χ4n) is 14.1. The van der Waals surface area contributed by atoms with Crippen molar-refractivity contribution in [2.24, 2.45) is 50.7 Å². The molecule has 3 heterocycles. The van der Waals surface area contributed by atoms with Crippen molar-refractivity contribution in [1.82, 2.24) is 0 Å². The van der Waals surface area contributed by atoms with Gasteiger partial charge in [0.25, 0.3) is 0 Å². The second-order valence-electron chi connectivity index (χ2n) is 19.0. The molecule has 5 saturated carbocycles. The third-order valence-corrected chi connectivity index (χ3v) is 16.7. The third-order valence-electron chi connectivity index (χ3n) is 16.7. The fourth-order valence-corrected chi connectivity index (χ4v) is 14.1. The van der Waals surface area contributed by atoms with E-state index in [1.165, 1.54) is 0 Å². The van der Waals surface area contributed by atoms with Crippen LogP contribution in [0.25, 0.3) is 0 Å². The molecule has 0 aromatic heterocycles. The van der Waals surface area contributed by atoms with Crippen LogP contribution in [0.15, 0.2) is 0 Å². The van der Waals surface area contributed by atoms with Crippen molar-refractivity contribution in [3.05, 3.63) is 0 Å². The highest BCUT2D eigenvalue weighted by Crippen LogP contribution is 2.89. The molecule has 0 unspecified atom stereocenters. The van der Waals surface area contributed by atoms with E-state index in [4.69, 9.17) is 28.4 Å². The second-order valence-corrected chi connectivity index (χ2v) is 19.0. The van der Waals surface area contributed by atoms with E-state index in [0.29, 0.717) is 18.3 Å². The molecular weight excluding hydrogens is 664 g/mol. The van der Waals surface area contributed by atoms with Crippen LogP contribution in [0.3, 0.4) is 0 Å². The Morgan fingerprint density at radius 1 is 0.765 bits per heavy atom. The Bertz CT molecular complexity index is 1320. The van der Waals surface area contributed by atoms with Gasteiger partial charge in [-0.1, -0.05) is 34.6 Å². The Kier molecular flexibility index (Phi) is 9.16. The van der Waals surface area contributed by atoms with Gasteiger partial charge in [-0.25, -0.2) is 0 Å². The summed E-state index contributed by atoms with van der Waals surface area (Å²) in [6, 6.07) is 0. The summed E-state index contributed by atoms with van der Waals surface area (Å²) >= 11 is 0. The molecule has 0 radical (unpaired) electrons. The zero-order valence-corrected chi connectivity index (χ0v) is 31.0. The number of hydrogen-bond acceptors (Lipinski definition) is 13. The van der Waals surface area contributed by atoms with Gasteiger partial charge in [0.2, 0.25) is 0 Å². The van der Waals surface area contributed by atoms with Crippen LogP contribution in [0.5, 0.6) is 0 Å². The van der Waals surface area contributed by atoms with Crippen molar-refractivity contribution in [2.45, 2.75) is 166 Å². The van der Waals surface area contributed by atoms with Gasteiger partial charge in [0.1, 0.15) is 42.7 Å². The number of fused-ring (bicyclic) bond motifs is 4. The van der Waals surface area contributed by atoms with Crippen molar-refractivity contribution in [1.29, 1.82) is 0 Å². The van der Waals surface area contributed by atoms with Crippen molar-refractivity contribution < 1.29 is 64.2 Å². The van der Waals surface area contributed by atoms with Gasteiger partial charge in [-0.2, -0.15) is 0 Å². The molecule has 292 valence electrons. The van der Waals surface area contributed by atoms with Crippen LogP contribution < -0.4 is 0 Å². The van der Waals surface area contributed by atoms with Crippen molar-refractivity contribution in [3.8, 4) is 0 Å². The first-order valence-electron chi connectivity index (χ1n) is 19.4. The van der Waals surface area contributed by atoms with Crippen LogP contribution in [0.2, 0.25) is 0 Å². The van der Waals surface area contributed by atoms with Gasteiger partial charge in [0.05, 0.1) is 31.5 Å². The van der Waals surface area contributed by atoms with E-state index in [0.717, 1.165) is 44.9 Å². The summed E-state index contributed by atoms with van der Waals surface area (Å²) in [7, 11) is 1.71. The largest absolute Gasteiger partial charge is 0.394 e. The summed E-state index contributed by atoms with van der Waals surface area (Å²) in [5, 5.41) is 73.8. The van der Waals surface area contributed by atoms with Crippen LogP contribution in [0.1, 0.15) is 86.0 Å². The lowest BCUT2D eigenvalue weighted by atomic mass is 9.41. The first kappa shape index (κ1) is 37.4. The Labute approximate surface area is 300 Å². The van der Waals surface area contributed by atoms with Gasteiger partial charge in [0, 0.05) is 13.5 Å². The maximum atomic E-state index is 11.2. The second kappa shape index (κ2) is 12.5. The third kappa shape index (κ3) is 5.06.